The van der Waals surface area contributed by atoms with Gasteiger partial charge in [-0.1, -0.05) is 0 Å². The highest BCUT2D eigenvalue weighted by Crippen LogP contribution is 2.19. The fourth-order valence-corrected chi connectivity index (χ4v) is 1.89. The smallest absolute Gasteiger partial charge is 0.158 e. The Morgan fingerprint density at radius 1 is 1.38 bits per heavy atom. The van der Waals surface area contributed by atoms with Gasteiger partial charge in [-0.05, 0) is 19.1 Å². The molecule has 2 aromatic heterocycles. The van der Waals surface area contributed by atoms with Crippen LogP contribution in [-0.2, 0) is 0 Å². The summed E-state index contributed by atoms with van der Waals surface area (Å²) in [5.74, 6) is 0. The molecule has 3 nitrogen and oxygen atoms in total. The number of hydrogen-bond acceptors (Lipinski definition) is 4. The van der Waals surface area contributed by atoms with E-state index in [-0.39, 0.29) is 0 Å². The summed E-state index contributed by atoms with van der Waals surface area (Å²) < 4.78 is 0.764. The highest BCUT2D eigenvalue weighted by atomic mass is 32.1. The predicted molar refractivity (Wildman–Crippen MR) is 55.3 cm³/mol. The summed E-state index contributed by atoms with van der Waals surface area (Å²) in [6.07, 6.45) is 3.36. The molecule has 0 atom stereocenters. The van der Waals surface area contributed by atoms with Crippen molar-refractivity contribution in [1.82, 2.24) is 15.0 Å². The molecule has 0 saturated heterocycles. The fraction of sp³-hybridized carbons (Fsp3) is 0.125. The fourth-order valence-electron chi connectivity index (χ4n) is 1.07. The summed E-state index contributed by atoms with van der Waals surface area (Å²) in [5, 5.41) is 1.96. The number of thiazole rings is 1. The number of H-pyrrole nitrogens is 1. The number of aromatic nitrogens is 3. The van der Waals surface area contributed by atoms with Crippen molar-refractivity contribution in [3.05, 3.63) is 27.4 Å². The van der Waals surface area contributed by atoms with Crippen molar-refractivity contribution in [1.29, 1.82) is 0 Å². The molecule has 0 saturated carbocycles. The maximum Gasteiger partial charge on any atom is 0.158 e. The van der Waals surface area contributed by atoms with E-state index in [1.807, 2.05) is 12.3 Å². The van der Waals surface area contributed by atoms with Crippen molar-refractivity contribution in [2.24, 2.45) is 0 Å². The zero-order valence-electron chi connectivity index (χ0n) is 6.94. The first-order chi connectivity index (χ1) is 6.27. The molecule has 5 heteroatoms. The number of hydrogen-bond donors (Lipinski definition) is 1. The van der Waals surface area contributed by atoms with Crippen LogP contribution in [0.25, 0.3) is 11.4 Å². The van der Waals surface area contributed by atoms with E-state index in [9.17, 15) is 0 Å². The van der Waals surface area contributed by atoms with Gasteiger partial charge in [0.05, 0.1) is 11.4 Å². The second-order valence-electron chi connectivity index (χ2n) is 2.55. The molecule has 0 fully saturated rings. The highest BCUT2D eigenvalue weighted by molar-refractivity contribution is 7.73. The zero-order valence-corrected chi connectivity index (χ0v) is 8.58. The van der Waals surface area contributed by atoms with Gasteiger partial charge >= 0.3 is 0 Å². The SMILES string of the molecule is Cc1nccnc1-c1csc(=S)[nH]1. The van der Waals surface area contributed by atoms with Gasteiger partial charge in [0, 0.05) is 17.8 Å². The summed E-state index contributed by atoms with van der Waals surface area (Å²) in [4.78, 5) is 11.4. The van der Waals surface area contributed by atoms with Gasteiger partial charge in [-0.2, -0.15) is 0 Å². The first-order valence-corrected chi connectivity index (χ1v) is 5.02. The molecule has 0 amide bonds. The Kier molecular flexibility index (Phi) is 2.20. The van der Waals surface area contributed by atoms with Gasteiger partial charge in [0.25, 0.3) is 0 Å². The molecule has 2 aromatic rings. The summed E-state index contributed by atoms with van der Waals surface area (Å²) >= 11 is 6.49. The van der Waals surface area contributed by atoms with Crippen LogP contribution in [0.4, 0.5) is 0 Å². The van der Waals surface area contributed by atoms with Gasteiger partial charge in [-0.3, -0.25) is 9.97 Å². The molecule has 0 aliphatic carbocycles. The molecule has 0 unspecified atom stereocenters. The summed E-state index contributed by atoms with van der Waals surface area (Å²) in [6.45, 7) is 1.93. The molecule has 0 radical (unpaired) electrons. The van der Waals surface area contributed by atoms with Gasteiger partial charge in [0.1, 0.15) is 5.69 Å². The molecule has 0 aliphatic rings. The van der Waals surface area contributed by atoms with Crippen LogP contribution in [0.5, 0.6) is 0 Å². The second-order valence-corrected chi connectivity index (χ2v) is 4.10. The van der Waals surface area contributed by atoms with E-state index in [2.05, 4.69) is 15.0 Å². The van der Waals surface area contributed by atoms with Crippen molar-refractivity contribution in [3.8, 4) is 11.4 Å². The molecule has 13 heavy (non-hydrogen) atoms. The molecule has 2 rings (SSSR count). The van der Waals surface area contributed by atoms with Gasteiger partial charge in [-0.25, -0.2) is 0 Å². The topological polar surface area (TPSA) is 41.6 Å². The van der Waals surface area contributed by atoms with Gasteiger partial charge < -0.3 is 4.98 Å². The Morgan fingerprint density at radius 3 is 2.77 bits per heavy atom. The van der Waals surface area contributed by atoms with Crippen molar-refractivity contribution >= 4 is 23.6 Å². The number of rotatable bonds is 1. The largest absolute Gasteiger partial charge is 0.336 e. The average Bonchev–Trinajstić information content (AvgIpc) is 2.53. The first-order valence-electron chi connectivity index (χ1n) is 3.73. The van der Waals surface area contributed by atoms with Crippen LogP contribution in [0.15, 0.2) is 17.8 Å². The van der Waals surface area contributed by atoms with Gasteiger partial charge in [0.2, 0.25) is 0 Å². The Bertz CT molecular complexity index is 472. The second kappa shape index (κ2) is 3.35. The Hall–Kier alpha value is -1.07. The molecule has 1 N–H and O–H groups in total. The number of aryl methyl sites for hydroxylation is 1. The van der Waals surface area contributed by atoms with Crippen LogP contribution in [0.2, 0.25) is 0 Å². The highest BCUT2D eigenvalue weighted by Gasteiger charge is 2.04. The lowest BCUT2D eigenvalue weighted by molar-refractivity contribution is 1.11. The molecule has 2 heterocycles. The maximum atomic E-state index is 4.99. The third kappa shape index (κ3) is 1.66. The lowest BCUT2D eigenvalue weighted by Crippen LogP contribution is -1.90. The van der Waals surface area contributed by atoms with Crippen molar-refractivity contribution in [3.63, 3.8) is 0 Å². The van der Waals surface area contributed by atoms with Crippen LogP contribution in [0.3, 0.4) is 0 Å². The Labute approximate surface area is 84.5 Å². The van der Waals surface area contributed by atoms with E-state index < -0.39 is 0 Å². The zero-order chi connectivity index (χ0) is 9.26. The van der Waals surface area contributed by atoms with Crippen LogP contribution in [0, 0.1) is 10.9 Å². The standard InChI is InChI=1S/C8H7N3S2/c1-5-7(10-3-2-9-5)6-4-13-8(12)11-6/h2-4H,1H3,(H,11,12). The van der Waals surface area contributed by atoms with Crippen molar-refractivity contribution in [2.75, 3.05) is 0 Å². The van der Waals surface area contributed by atoms with Gasteiger partial charge in [-0.15, -0.1) is 11.3 Å². The molecular formula is C8H7N3S2. The molecule has 0 aliphatic heterocycles. The third-order valence-corrected chi connectivity index (χ3v) is 2.72. The minimum absolute atomic E-state index is 0.764. The third-order valence-electron chi connectivity index (χ3n) is 1.66. The lowest BCUT2D eigenvalue weighted by atomic mass is 10.3. The Balaban J connectivity index is 2.58. The van der Waals surface area contributed by atoms with E-state index in [0.717, 1.165) is 21.0 Å². The summed E-state index contributed by atoms with van der Waals surface area (Å²) in [7, 11) is 0. The summed E-state index contributed by atoms with van der Waals surface area (Å²) in [6, 6.07) is 0. The molecule has 0 bridgehead atoms. The normalized spacial score (nSPS) is 10.2. The minimum atomic E-state index is 0.764. The van der Waals surface area contributed by atoms with Gasteiger partial charge in [0.15, 0.2) is 3.95 Å². The molecule has 0 aromatic carbocycles. The van der Waals surface area contributed by atoms with E-state index in [1.54, 1.807) is 12.4 Å². The van der Waals surface area contributed by atoms with E-state index in [4.69, 9.17) is 12.2 Å². The number of nitrogens with one attached hydrogen (secondary N) is 1. The van der Waals surface area contributed by atoms with Crippen LogP contribution < -0.4 is 0 Å². The average molecular weight is 209 g/mol. The molecule has 66 valence electrons. The quantitative estimate of drug-likeness (QED) is 0.734. The monoisotopic (exact) mass is 209 g/mol. The van der Waals surface area contributed by atoms with Crippen LogP contribution in [-0.4, -0.2) is 15.0 Å². The predicted octanol–water partition coefficient (Wildman–Crippen LogP) is 2.57. The number of aromatic amines is 1. The molecular weight excluding hydrogens is 202 g/mol. The van der Waals surface area contributed by atoms with Crippen LogP contribution >= 0.6 is 23.6 Å². The van der Waals surface area contributed by atoms with Crippen molar-refractivity contribution < 1.29 is 0 Å². The van der Waals surface area contributed by atoms with Crippen molar-refractivity contribution in [2.45, 2.75) is 6.92 Å². The summed E-state index contributed by atoms with van der Waals surface area (Å²) in [5.41, 5.74) is 2.72. The number of nitrogens with zero attached hydrogens (tertiary/aromatic N) is 2. The van der Waals surface area contributed by atoms with Crippen LogP contribution in [0.1, 0.15) is 5.69 Å². The minimum Gasteiger partial charge on any atom is -0.336 e. The first kappa shape index (κ1) is 8.52. The molecule has 0 spiro atoms. The Morgan fingerprint density at radius 2 is 2.15 bits per heavy atom. The van der Waals surface area contributed by atoms with E-state index in [0.29, 0.717) is 0 Å². The van der Waals surface area contributed by atoms with E-state index >= 15 is 0 Å². The lowest BCUT2D eigenvalue weighted by Gasteiger charge is -1.98. The van der Waals surface area contributed by atoms with E-state index in [1.165, 1.54) is 11.3 Å². The maximum absolute atomic E-state index is 4.99.